The second-order valence-electron chi connectivity index (χ2n) is 4.85. The Balaban J connectivity index is 2.11. The minimum Gasteiger partial charge on any atom is -0.336 e. The minimum atomic E-state index is 0.0307. The Morgan fingerprint density at radius 2 is 2.00 bits per heavy atom. The van der Waals surface area contributed by atoms with Gasteiger partial charge in [0.05, 0.1) is 0 Å². The van der Waals surface area contributed by atoms with Crippen molar-refractivity contribution >= 4 is 35.2 Å². The summed E-state index contributed by atoms with van der Waals surface area (Å²) in [5.41, 5.74) is 0.698. The molecule has 1 fully saturated rings. The summed E-state index contributed by atoms with van der Waals surface area (Å²) in [6.07, 6.45) is 6.62. The van der Waals surface area contributed by atoms with Crippen molar-refractivity contribution in [3.05, 3.63) is 39.9 Å². The van der Waals surface area contributed by atoms with E-state index in [0.29, 0.717) is 21.7 Å². The van der Waals surface area contributed by atoms with Gasteiger partial charge in [-0.25, -0.2) is 0 Å². The predicted octanol–water partition coefficient (Wildman–Crippen LogP) is 4.41. The van der Waals surface area contributed by atoms with Crippen LogP contribution in [0.5, 0.6) is 0 Å². The molecule has 19 heavy (non-hydrogen) atoms. The number of benzene rings is 1. The van der Waals surface area contributed by atoms with Crippen molar-refractivity contribution in [2.24, 2.45) is 0 Å². The zero-order chi connectivity index (χ0) is 13.8. The van der Waals surface area contributed by atoms with E-state index in [4.69, 9.17) is 23.2 Å². The molecular weight excluding hydrogens is 281 g/mol. The van der Waals surface area contributed by atoms with Gasteiger partial charge in [-0.1, -0.05) is 29.3 Å². The van der Waals surface area contributed by atoms with Gasteiger partial charge in [0.25, 0.3) is 0 Å². The molecule has 1 amide bonds. The fraction of sp³-hybridized carbons (Fsp3) is 0.400. The van der Waals surface area contributed by atoms with E-state index >= 15 is 0 Å². The van der Waals surface area contributed by atoms with Crippen LogP contribution in [0.3, 0.4) is 0 Å². The average molecular weight is 298 g/mol. The van der Waals surface area contributed by atoms with Gasteiger partial charge in [-0.2, -0.15) is 0 Å². The zero-order valence-electron chi connectivity index (χ0n) is 10.9. The number of halogens is 2. The predicted molar refractivity (Wildman–Crippen MR) is 80.5 cm³/mol. The standard InChI is InChI=1S/C15H17Cl2NO/c1-11-5-2-3-10-18(11)15(19)9-8-12-13(16)6-4-7-14(12)17/h4,6-9,11H,2-3,5,10H2,1H3/b9-8+. The summed E-state index contributed by atoms with van der Waals surface area (Å²) in [6, 6.07) is 5.63. The first-order valence-corrected chi connectivity index (χ1v) is 7.28. The maximum absolute atomic E-state index is 12.2. The van der Waals surface area contributed by atoms with Crippen LogP contribution in [0.25, 0.3) is 6.08 Å². The number of carbonyl (C=O) groups excluding carboxylic acids is 1. The lowest BCUT2D eigenvalue weighted by molar-refractivity contribution is -0.129. The monoisotopic (exact) mass is 297 g/mol. The molecule has 1 unspecified atom stereocenters. The van der Waals surface area contributed by atoms with E-state index in [9.17, 15) is 4.79 Å². The molecule has 0 spiro atoms. The Kier molecular flexibility index (Phi) is 4.89. The molecule has 1 aromatic carbocycles. The molecule has 2 rings (SSSR count). The van der Waals surface area contributed by atoms with Crippen molar-refractivity contribution < 1.29 is 4.79 Å². The lowest BCUT2D eigenvalue weighted by atomic mass is 10.0. The van der Waals surface area contributed by atoms with E-state index in [1.165, 1.54) is 6.42 Å². The molecule has 4 heteroatoms. The summed E-state index contributed by atoms with van der Waals surface area (Å²) in [5.74, 6) is 0.0307. The molecule has 0 N–H and O–H groups in total. The number of piperidine rings is 1. The number of hydrogen-bond donors (Lipinski definition) is 0. The first-order chi connectivity index (χ1) is 9.09. The van der Waals surface area contributed by atoms with Gasteiger partial charge in [0.1, 0.15) is 0 Å². The Hall–Kier alpha value is -0.990. The Bertz CT molecular complexity index is 479. The highest BCUT2D eigenvalue weighted by molar-refractivity contribution is 6.37. The van der Waals surface area contributed by atoms with Crippen molar-refractivity contribution in [1.82, 2.24) is 4.90 Å². The first kappa shape index (κ1) is 14.4. The Morgan fingerprint density at radius 3 is 2.63 bits per heavy atom. The third-order valence-electron chi connectivity index (χ3n) is 3.48. The molecule has 1 aromatic rings. The van der Waals surface area contributed by atoms with Crippen LogP contribution < -0.4 is 0 Å². The smallest absolute Gasteiger partial charge is 0.246 e. The molecule has 0 aliphatic carbocycles. The molecule has 1 aliphatic rings. The molecular formula is C15H17Cl2NO. The third-order valence-corrected chi connectivity index (χ3v) is 4.14. The van der Waals surface area contributed by atoms with Crippen molar-refractivity contribution in [1.29, 1.82) is 0 Å². The van der Waals surface area contributed by atoms with E-state index < -0.39 is 0 Å². The van der Waals surface area contributed by atoms with Gasteiger partial charge in [0.2, 0.25) is 5.91 Å². The number of likely N-dealkylation sites (tertiary alicyclic amines) is 1. The topological polar surface area (TPSA) is 20.3 Å². The van der Waals surface area contributed by atoms with Crippen LogP contribution >= 0.6 is 23.2 Å². The highest BCUT2D eigenvalue weighted by atomic mass is 35.5. The second kappa shape index (κ2) is 6.44. The summed E-state index contributed by atoms with van der Waals surface area (Å²) in [5, 5.41) is 1.12. The zero-order valence-corrected chi connectivity index (χ0v) is 12.4. The minimum absolute atomic E-state index is 0.0307. The molecule has 1 saturated heterocycles. The SMILES string of the molecule is CC1CCCCN1C(=O)/C=C/c1c(Cl)cccc1Cl. The third kappa shape index (κ3) is 3.52. The molecule has 0 radical (unpaired) electrons. The van der Waals surface area contributed by atoms with Gasteiger partial charge < -0.3 is 4.90 Å². The molecule has 0 saturated carbocycles. The summed E-state index contributed by atoms with van der Waals surface area (Å²) >= 11 is 12.1. The number of carbonyl (C=O) groups is 1. The molecule has 2 nitrogen and oxygen atoms in total. The number of hydrogen-bond acceptors (Lipinski definition) is 1. The number of amides is 1. The molecule has 1 heterocycles. The quantitative estimate of drug-likeness (QED) is 0.741. The summed E-state index contributed by atoms with van der Waals surface area (Å²) in [7, 11) is 0. The Labute approximate surface area is 124 Å². The average Bonchev–Trinajstić information content (AvgIpc) is 2.38. The van der Waals surface area contributed by atoms with E-state index in [-0.39, 0.29) is 5.91 Å². The molecule has 1 aliphatic heterocycles. The van der Waals surface area contributed by atoms with Gasteiger partial charge in [-0.15, -0.1) is 0 Å². The summed E-state index contributed by atoms with van der Waals surface area (Å²) < 4.78 is 0. The normalized spacial score (nSPS) is 19.9. The van der Waals surface area contributed by atoms with Crippen LogP contribution in [0, 0.1) is 0 Å². The first-order valence-electron chi connectivity index (χ1n) is 6.52. The lowest BCUT2D eigenvalue weighted by Crippen LogP contribution is -2.41. The maximum Gasteiger partial charge on any atom is 0.246 e. The second-order valence-corrected chi connectivity index (χ2v) is 5.66. The van der Waals surface area contributed by atoms with E-state index in [0.717, 1.165) is 19.4 Å². The van der Waals surface area contributed by atoms with Gasteiger partial charge in [-0.05, 0) is 44.4 Å². The van der Waals surface area contributed by atoms with Gasteiger partial charge in [0, 0.05) is 34.3 Å². The van der Waals surface area contributed by atoms with Crippen LogP contribution in [-0.2, 0) is 4.79 Å². The van der Waals surface area contributed by atoms with Crippen LogP contribution in [0.4, 0.5) is 0 Å². The number of rotatable bonds is 2. The van der Waals surface area contributed by atoms with Gasteiger partial charge in [-0.3, -0.25) is 4.79 Å². The fourth-order valence-electron chi connectivity index (χ4n) is 2.35. The molecule has 0 bridgehead atoms. The fourth-order valence-corrected chi connectivity index (χ4v) is 2.87. The summed E-state index contributed by atoms with van der Waals surface area (Å²) in [6.45, 7) is 2.92. The largest absolute Gasteiger partial charge is 0.336 e. The van der Waals surface area contributed by atoms with Crippen molar-refractivity contribution in [3.8, 4) is 0 Å². The van der Waals surface area contributed by atoms with Crippen LogP contribution in [0.15, 0.2) is 24.3 Å². The van der Waals surface area contributed by atoms with E-state index in [1.807, 2.05) is 4.90 Å². The highest BCUT2D eigenvalue weighted by Crippen LogP contribution is 2.25. The maximum atomic E-state index is 12.2. The van der Waals surface area contributed by atoms with Crippen LogP contribution in [0.1, 0.15) is 31.7 Å². The highest BCUT2D eigenvalue weighted by Gasteiger charge is 2.21. The van der Waals surface area contributed by atoms with Gasteiger partial charge in [0.15, 0.2) is 0 Å². The van der Waals surface area contributed by atoms with Crippen LogP contribution in [0.2, 0.25) is 10.0 Å². The van der Waals surface area contributed by atoms with Crippen molar-refractivity contribution in [2.45, 2.75) is 32.2 Å². The molecule has 1 atom stereocenters. The number of nitrogens with zero attached hydrogens (tertiary/aromatic N) is 1. The van der Waals surface area contributed by atoms with Crippen molar-refractivity contribution in [2.75, 3.05) is 6.54 Å². The van der Waals surface area contributed by atoms with E-state index in [1.54, 1.807) is 30.4 Å². The van der Waals surface area contributed by atoms with E-state index in [2.05, 4.69) is 6.92 Å². The van der Waals surface area contributed by atoms with Crippen molar-refractivity contribution in [3.63, 3.8) is 0 Å². The Morgan fingerprint density at radius 1 is 1.32 bits per heavy atom. The van der Waals surface area contributed by atoms with Gasteiger partial charge >= 0.3 is 0 Å². The lowest BCUT2D eigenvalue weighted by Gasteiger charge is -2.32. The summed E-state index contributed by atoms with van der Waals surface area (Å²) in [4.78, 5) is 14.1. The molecule has 0 aromatic heterocycles. The van der Waals surface area contributed by atoms with Crippen LogP contribution in [-0.4, -0.2) is 23.4 Å². The molecule has 102 valence electrons.